The lowest BCUT2D eigenvalue weighted by atomic mass is 10.1. The third kappa shape index (κ3) is 2.26. The molecule has 3 aromatic rings. The maximum atomic E-state index is 9.00. The molecule has 0 aliphatic rings. The van der Waals surface area contributed by atoms with Crippen molar-refractivity contribution in [3.63, 3.8) is 0 Å². The fourth-order valence-corrected chi connectivity index (χ4v) is 2.31. The summed E-state index contributed by atoms with van der Waals surface area (Å²) in [6, 6.07) is 13.8. The Morgan fingerprint density at radius 3 is 2.85 bits per heavy atom. The molecule has 4 nitrogen and oxygen atoms in total. The van der Waals surface area contributed by atoms with E-state index in [1.807, 2.05) is 42.5 Å². The van der Waals surface area contributed by atoms with Gasteiger partial charge in [0.2, 0.25) is 0 Å². The molecular formula is C16H16N2O2. The van der Waals surface area contributed by atoms with E-state index < -0.39 is 0 Å². The van der Waals surface area contributed by atoms with Gasteiger partial charge in [0.15, 0.2) is 0 Å². The molecular weight excluding hydrogens is 252 g/mol. The van der Waals surface area contributed by atoms with E-state index in [9.17, 15) is 0 Å². The maximum Gasteiger partial charge on any atom is 0.142 e. The zero-order valence-electron chi connectivity index (χ0n) is 11.3. The van der Waals surface area contributed by atoms with Crippen molar-refractivity contribution in [3.8, 4) is 17.1 Å². The van der Waals surface area contributed by atoms with Crippen molar-refractivity contribution in [3.05, 3.63) is 48.0 Å². The smallest absolute Gasteiger partial charge is 0.142 e. The van der Waals surface area contributed by atoms with Gasteiger partial charge in [-0.2, -0.15) is 0 Å². The third-order valence-electron chi connectivity index (χ3n) is 3.31. The van der Waals surface area contributed by atoms with Crippen LogP contribution in [0.5, 0.6) is 5.75 Å². The number of aromatic amines is 1. The van der Waals surface area contributed by atoms with E-state index >= 15 is 0 Å². The Kier molecular flexibility index (Phi) is 3.39. The van der Waals surface area contributed by atoms with Gasteiger partial charge in [0.05, 0.1) is 23.7 Å². The summed E-state index contributed by atoms with van der Waals surface area (Å²) in [6.45, 7) is 0.152. The largest absolute Gasteiger partial charge is 0.496 e. The minimum Gasteiger partial charge on any atom is -0.496 e. The molecule has 0 amide bonds. The number of rotatable bonds is 4. The standard InChI is InChI=1S/C16H16N2O2/c1-20-15-5-3-2-4-12(15)16-17-13-7-6-11(8-9-19)10-14(13)18-16/h2-7,10,19H,8-9H2,1H3,(H,17,18). The molecule has 0 saturated carbocycles. The van der Waals surface area contributed by atoms with E-state index in [0.29, 0.717) is 6.42 Å². The van der Waals surface area contributed by atoms with Crippen molar-refractivity contribution >= 4 is 11.0 Å². The Hall–Kier alpha value is -2.33. The lowest BCUT2D eigenvalue weighted by molar-refractivity contribution is 0.299. The Morgan fingerprint density at radius 2 is 2.05 bits per heavy atom. The second kappa shape index (κ2) is 5.35. The lowest BCUT2D eigenvalue weighted by Crippen LogP contribution is -1.89. The van der Waals surface area contributed by atoms with Gasteiger partial charge in [0.25, 0.3) is 0 Å². The molecule has 0 saturated heterocycles. The molecule has 0 fully saturated rings. The van der Waals surface area contributed by atoms with Crippen LogP contribution in [0, 0.1) is 0 Å². The third-order valence-corrected chi connectivity index (χ3v) is 3.31. The number of ether oxygens (including phenoxy) is 1. The number of H-pyrrole nitrogens is 1. The summed E-state index contributed by atoms with van der Waals surface area (Å²) in [4.78, 5) is 7.91. The number of para-hydroxylation sites is 1. The quantitative estimate of drug-likeness (QED) is 0.765. The Labute approximate surface area is 117 Å². The Bertz CT molecular complexity index is 734. The van der Waals surface area contributed by atoms with Crippen molar-refractivity contribution in [2.24, 2.45) is 0 Å². The molecule has 0 spiro atoms. The Balaban J connectivity index is 2.08. The zero-order valence-corrected chi connectivity index (χ0v) is 11.3. The summed E-state index contributed by atoms with van der Waals surface area (Å²) in [5, 5.41) is 9.00. The van der Waals surface area contributed by atoms with Crippen LogP contribution >= 0.6 is 0 Å². The number of aliphatic hydroxyl groups is 1. The number of aromatic nitrogens is 2. The summed E-state index contributed by atoms with van der Waals surface area (Å²) in [5.41, 5.74) is 3.91. The van der Waals surface area contributed by atoms with Gasteiger partial charge in [0.1, 0.15) is 11.6 Å². The summed E-state index contributed by atoms with van der Waals surface area (Å²) >= 11 is 0. The summed E-state index contributed by atoms with van der Waals surface area (Å²) in [6.07, 6.45) is 0.652. The molecule has 4 heteroatoms. The van der Waals surface area contributed by atoms with Crippen LogP contribution in [-0.4, -0.2) is 28.8 Å². The highest BCUT2D eigenvalue weighted by molar-refractivity contribution is 5.81. The number of nitrogens with one attached hydrogen (secondary N) is 1. The van der Waals surface area contributed by atoms with Crippen molar-refractivity contribution in [2.75, 3.05) is 13.7 Å². The predicted molar refractivity (Wildman–Crippen MR) is 78.9 cm³/mol. The molecule has 0 aliphatic heterocycles. The van der Waals surface area contributed by atoms with E-state index in [1.165, 1.54) is 0 Å². The normalized spacial score (nSPS) is 10.9. The van der Waals surface area contributed by atoms with E-state index in [0.717, 1.165) is 33.7 Å². The van der Waals surface area contributed by atoms with Gasteiger partial charge in [-0.3, -0.25) is 0 Å². The second-order valence-corrected chi connectivity index (χ2v) is 4.61. The number of hydrogen-bond donors (Lipinski definition) is 2. The highest BCUT2D eigenvalue weighted by atomic mass is 16.5. The van der Waals surface area contributed by atoms with Crippen LogP contribution < -0.4 is 4.74 Å². The van der Waals surface area contributed by atoms with Crippen molar-refractivity contribution < 1.29 is 9.84 Å². The molecule has 2 N–H and O–H groups in total. The number of methoxy groups -OCH3 is 1. The summed E-state index contributed by atoms with van der Waals surface area (Å²) < 4.78 is 5.36. The monoisotopic (exact) mass is 268 g/mol. The van der Waals surface area contributed by atoms with Gasteiger partial charge in [-0.25, -0.2) is 4.98 Å². The van der Waals surface area contributed by atoms with Crippen molar-refractivity contribution in [1.29, 1.82) is 0 Å². The van der Waals surface area contributed by atoms with Gasteiger partial charge in [0, 0.05) is 6.61 Å². The van der Waals surface area contributed by atoms with E-state index in [4.69, 9.17) is 9.84 Å². The molecule has 102 valence electrons. The number of aliphatic hydroxyl groups excluding tert-OH is 1. The molecule has 1 heterocycles. The van der Waals surface area contributed by atoms with E-state index in [1.54, 1.807) is 7.11 Å². The van der Waals surface area contributed by atoms with Gasteiger partial charge in [-0.15, -0.1) is 0 Å². The van der Waals surface area contributed by atoms with Gasteiger partial charge in [-0.05, 0) is 36.2 Å². The van der Waals surface area contributed by atoms with Crippen LogP contribution in [-0.2, 0) is 6.42 Å². The minimum absolute atomic E-state index is 0.152. The number of nitrogens with zero attached hydrogens (tertiary/aromatic N) is 1. The number of imidazole rings is 1. The average Bonchev–Trinajstić information content (AvgIpc) is 2.90. The Morgan fingerprint density at radius 1 is 1.20 bits per heavy atom. The van der Waals surface area contributed by atoms with Crippen molar-refractivity contribution in [1.82, 2.24) is 9.97 Å². The molecule has 1 aromatic heterocycles. The zero-order chi connectivity index (χ0) is 13.9. The van der Waals surface area contributed by atoms with Crippen LogP contribution in [0.3, 0.4) is 0 Å². The number of benzene rings is 2. The second-order valence-electron chi connectivity index (χ2n) is 4.61. The molecule has 0 radical (unpaired) electrons. The predicted octanol–water partition coefficient (Wildman–Crippen LogP) is 2.77. The van der Waals surface area contributed by atoms with E-state index in [2.05, 4.69) is 9.97 Å². The molecule has 20 heavy (non-hydrogen) atoms. The molecule has 2 aromatic carbocycles. The van der Waals surface area contributed by atoms with E-state index in [-0.39, 0.29) is 6.61 Å². The highest BCUT2D eigenvalue weighted by Crippen LogP contribution is 2.29. The fourth-order valence-electron chi connectivity index (χ4n) is 2.31. The van der Waals surface area contributed by atoms with Crippen LogP contribution in [0.1, 0.15) is 5.56 Å². The lowest BCUT2D eigenvalue weighted by Gasteiger charge is -2.04. The first-order chi connectivity index (χ1) is 9.81. The van der Waals surface area contributed by atoms with Crippen LogP contribution in [0.25, 0.3) is 22.4 Å². The summed E-state index contributed by atoms with van der Waals surface area (Å²) in [5.74, 6) is 1.58. The summed E-state index contributed by atoms with van der Waals surface area (Å²) in [7, 11) is 1.65. The highest BCUT2D eigenvalue weighted by Gasteiger charge is 2.10. The maximum absolute atomic E-state index is 9.00. The molecule has 3 rings (SSSR count). The topological polar surface area (TPSA) is 58.1 Å². The molecule has 0 bridgehead atoms. The van der Waals surface area contributed by atoms with Crippen LogP contribution in [0.2, 0.25) is 0 Å². The molecule has 0 atom stereocenters. The fraction of sp³-hybridized carbons (Fsp3) is 0.188. The molecule has 0 unspecified atom stereocenters. The average molecular weight is 268 g/mol. The SMILES string of the molecule is COc1ccccc1-c1nc2ccc(CCO)cc2[nH]1. The first-order valence-electron chi connectivity index (χ1n) is 6.54. The van der Waals surface area contributed by atoms with Crippen LogP contribution in [0.15, 0.2) is 42.5 Å². The van der Waals surface area contributed by atoms with Gasteiger partial charge in [-0.1, -0.05) is 18.2 Å². The first kappa shape index (κ1) is 12.7. The molecule has 0 aliphatic carbocycles. The van der Waals surface area contributed by atoms with Crippen LogP contribution in [0.4, 0.5) is 0 Å². The van der Waals surface area contributed by atoms with Gasteiger partial charge < -0.3 is 14.8 Å². The van der Waals surface area contributed by atoms with Crippen molar-refractivity contribution in [2.45, 2.75) is 6.42 Å². The minimum atomic E-state index is 0.152. The number of hydrogen-bond acceptors (Lipinski definition) is 3. The number of fused-ring (bicyclic) bond motifs is 1. The first-order valence-corrected chi connectivity index (χ1v) is 6.54. The van der Waals surface area contributed by atoms with Gasteiger partial charge >= 0.3 is 0 Å².